The standard InChI is InChI=1S/C18H22ClN5O3/c1-18(2,3)27-17(26)24-10-4-5-11(24)9-23(8-10)15-13-7-20-22-16(25)12(13)6-14(19)21-15/h6-7,10-11H,4-5,8-9H2,1-3H3,(H,22,25). The lowest BCUT2D eigenvalue weighted by molar-refractivity contribution is 0.0123. The van der Waals surface area contributed by atoms with E-state index in [9.17, 15) is 9.59 Å². The first-order valence-corrected chi connectivity index (χ1v) is 9.41. The van der Waals surface area contributed by atoms with E-state index in [1.807, 2.05) is 25.7 Å². The highest BCUT2D eigenvalue weighted by molar-refractivity contribution is 6.30. The molecule has 4 heterocycles. The van der Waals surface area contributed by atoms with E-state index >= 15 is 0 Å². The van der Waals surface area contributed by atoms with Gasteiger partial charge in [0.05, 0.1) is 29.1 Å². The summed E-state index contributed by atoms with van der Waals surface area (Å²) < 4.78 is 5.58. The minimum Gasteiger partial charge on any atom is -0.444 e. The largest absolute Gasteiger partial charge is 0.444 e. The van der Waals surface area contributed by atoms with Crippen LogP contribution in [0.5, 0.6) is 0 Å². The van der Waals surface area contributed by atoms with Crippen LogP contribution in [0.4, 0.5) is 10.6 Å². The van der Waals surface area contributed by atoms with Crippen LogP contribution in [0, 0.1) is 0 Å². The van der Waals surface area contributed by atoms with Crippen LogP contribution in [0.2, 0.25) is 5.15 Å². The molecular weight excluding hydrogens is 370 g/mol. The maximum atomic E-state index is 12.6. The summed E-state index contributed by atoms with van der Waals surface area (Å²) in [5.74, 6) is 0.636. The van der Waals surface area contributed by atoms with Gasteiger partial charge in [-0.1, -0.05) is 11.6 Å². The summed E-state index contributed by atoms with van der Waals surface area (Å²) in [5.41, 5.74) is -0.821. The van der Waals surface area contributed by atoms with Crippen LogP contribution in [-0.4, -0.2) is 56.9 Å². The number of carbonyl (C=O) groups is 1. The van der Waals surface area contributed by atoms with Crippen molar-refractivity contribution < 1.29 is 9.53 Å². The molecule has 1 N–H and O–H groups in total. The van der Waals surface area contributed by atoms with Crippen molar-refractivity contribution in [3.8, 4) is 0 Å². The molecular formula is C18H22ClN5O3. The first-order valence-electron chi connectivity index (χ1n) is 9.03. The molecule has 0 aromatic carbocycles. The Labute approximate surface area is 161 Å². The molecule has 2 aliphatic rings. The molecule has 2 atom stereocenters. The first kappa shape index (κ1) is 18.0. The number of rotatable bonds is 1. The Morgan fingerprint density at radius 1 is 1.26 bits per heavy atom. The van der Waals surface area contributed by atoms with Crippen LogP contribution in [0.15, 0.2) is 17.1 Å². The van der Waals surface area contributed by atoms with Gasteiger partial charge in [-0.2, -0.15) is 5.10 Å². The molecule has 2 aromatic heterocycles. The van der Waals surface area contributed by atoms with E-state index in [4.69, 9.17) is 16.3 Å². The Hall–Kier alpha value is -2.35. The normalized spacial score (nSPS) is 22.4. The molecule has 0 radical (unpaired) electrons. The summed E-state index contributed by atoms with van der Waals surface area (Å²) in [6.07, 6.45) is 3.16. The van der Waals surface area contributed by atoms with Gasteiger partial charge in [0.15, 0.2) is 0 Å². The van der Waals surface area contributed by atoms with Crippen LogP contribution in [0.3, 0.4) is 0 Å². The van der Waals surface area contributed by atoms with Crippen molar-refractivity contribution in [2.45, 2.75) is 51.3 Å². The van der Waals surface area contributed by atoms with Crippen molar-refractivity contribution >= 4 is 34.3 Å². The summed E-state index contributed by atoms with van der Waals surface area (Å²) in [6.45, 7) is 6.84. The molecule has 2 bridgehead atoms. The molecule has 9 heteroatoms. The summed E-state index contributed by atoms with van der Waals surface area (Å²) in [7, 11) is 0. The monoisotopic (exact) mass is 391 g/mol. The SMILES string of the molecule is CC(C)(C)OC(=O)N1C2CCC1CN(c1nc(Cl)cc3c(=O)[nH]ncc13)C2. The van der Waals surface area contributed by atoms with Gasteiger partial charge in [0.2, 0.25) is 0 Å². The van der Waals surface area contributed by atoms with Crippen LogP contribution in [-0.2, 0) is 4.74 Å². The predicted molar refractivity (Wildman–Crippen MR) is 102 cm³/mol. The number of nitrogens with one attached hydrogen (secondary N) is 1. The molecule has 0 aliphatic carbocycles. The number of ether oxygens (including phenoxy) is 1. The first-order chi connectivity index (χ1) is 12.7. The number of fused-ring (bicyclic) bond motifs is 3. The number of nitrogens with zero attached hydrogens (tertiary/aromatic N) is 4. The highest BCUT2D eigenvalue weighted by Crippen LogP contribution is 2.35. The zero-order valence-electron chi connectivity index (χ0n) is 15.5. The number of pyridine rings is 1. The zero-order chi connectivity index (χ0) is 19.3. The van der Waals surface area contributed by atoms with Crippen molar-refractivity contribution in [1.29, 1.82) is 0 Å². The van der Waals surface area contributed by atoms with E-state index in [0.717, 1.165) is 12.8 Å². The highest BCUT2D eigenvalue weighted by Gasteiger charge is 2.44. The molecule has 144 valence electrons. The number of anilines is 1. The average molecular weight is 392 g/mol. The van der Waals surface area contributed by atoms with Crippen molar-refractivity contribution in [2.75, 3.05) is 18.0 Å². The lowest BCUT2D eigenvalue weighted by Crippen LogP contribution is -2.57. The van der Waals surface area contributed by atoms with Crippen molar-refractivity contribution in [1.82, 2.24) is 20.1 Å². The van der Waals surface area contributed by atoms with Crippen molar-refractivity contribution in [2.24, 2.45) is 0 Å². The number of aromatic amines is 1. The summed E-state index contributed by atoms with van der Waals surface area (Å²) in [4.78, 5) is 33.1. The van der Waals surface area contributed by atoms with Gasteiger partial charge in [-0.15, -0.1) is 0 Å². The van der Waals surface area contributed by atoms with Gasteiger partial charge in [0.25, 0.3) is 5.56 Å². The summed E-state index contributed by atoms with van der Waals surface area (Å²) in [5, 5.41) is 7.71. The van der Waals surface area contributed by atoms with E-state index in [1.54, 1.807) is 12.3 Å². The van der Waals surface area contributed by atoms with Crippen molar-refractivity contribution in [3.05, 3.63) is 27.8 Å². The Bertz CT molecular complexity index is 940. The van der Waals surface area contributed by atoms with Crippen molar-refractivity contribution in [3.63, 3.8) is 0 Å². The molecule has 1 amide bonds. The molecule has 0 saturated carbocycles. The molecule has 2 unspecified atom stereocenters. The predicted octanol–water partition coefficient (Wildman–Crippen LogP) is 2.56. The Morgan fingerprint density at radius 2 is 1.93 bits per heavy atom. The molecule has 4 rings (SSSR count). The van der Waals surface area contributed by atoms with Gasteiger partial charge in [0, 0.05) is 13.1 Å². The molecule has 0 spiro atoms. The molecule has 27 heavy (non-hydrogen) atoms. The molecule has 2 saturated heterocycles. The van der Waals surface area contributed by atoms with Gasteiger partial charge >= 0.3 is 6.09 Å². The average Bonchev–Trinajstić information content (AvgIpc) is 2.84. The number of H-pyrrole nitrogens is 1. The smallest absolute Gasteiger partial charge is 0.410 e. The number of amides is 1. The maximum absolute atomic E-state index is 12.6. The minimum atomic E-state index is -0.523. The van der Waals surface area contributed by atoms with Gasteiger partial charge in [-0.25, -0.2) is 14.9 Å². The van der Waals surface area contributed by atoms with Crippen LogP contribution < -0.4 is 10.5 Å². The fraction of sp³-hybridized carbons (Fsp3) is 0.556. The van der Waals surface area contributed by atoms with Crippen LogP contribution in [0.25, 0.3) is 10.8 Å². The summed E-state index contributed by atoms with van der Waals surface area (Å²) >= 11 is 6.16. The van der Waals surface area contributed by atoms with Gasteiger partial charge in [-0.3, -0.25) is 9.69 Å². The number of hydrogen-bond acceptors (Lipinski definition) is 6. The number of piperazine rings is 1. The molecule has 2 aromatic rings. The Morgan fingerprint density at radius 3 is 2.56 bits per heavy atom. The molecule has 2 aliphatic heterocycles. The van der Waals surface area contributed by atoms with Gasteiger partial charge < -0.3 is 9.64 Å². The minimum absolute atomic E-state index is 0.0457. The number of aromatic nitrogens is 3. The Kier molecular flexibility index (Phi) is 4.25. The number of carbonyl (C=O) groups excluding carboxylic acids is 1. The fourth-order valence-corrected chi connectivity index (χ4v) is 4.16. The number of halogens is 1. The van der Waals surface area contributed by atoms with E-state index in [-0.39, 0.29) is 28.9 Å². The lowest BCUT2D eigenvalue weighted by Gasteiger charge is -2.42. The maximum Gasteiger partial charge on any atom is 0.410 e. The van der Waals surface area contributed by atoms with Gasteiger partial charge in [0.1, 0.15) is 16.6 Å². The van der Waals surface area contributed by atoms with Crippen LogP contribution in [0.1, 0.15) is 33.6 Å². The van der Waals surface area contributed by atoms with Crippen LogP contribution >= 0.6 is 11.6 Å². The topological polar surface area (TPSA) is 91.4 Å². The molecule has 2 fully saturated rings. The Balaban J connectivity index is 1.65. The second kappa shape index (κ2) is 6.37. The lowest BCUT2D eigenvalue weighted by atomic mass is 10.1. The third-order valence-electron chi connectivity index (χ3n) is 5.00. The quantitative estimate of drug-likeness (QED) is 0.751. The van der Waals surface area contributed by atoms with Gasteiger partial charge in [-0.05, 0) is 39.7 Å². The second-order valence-corrected chi connectivity index (χ2v) is 8.49. The third kappa shape index (κ3) is 3.34. The van der Waals surface area contributed by atoms with E-state index in [0.29, 0.717) is 29.7 Å². The van der Waals surface area contributed by atoms with E-state index in [1.165, 1.54) is 0 Å². The van der Waals surface area contributed by atoms with E-state index in [2.05, 4.69) is 20.1 Å². The summed E-state index contributed by atoms with van der Waals surface area (Å²) in [6, 6.07) is 1.64. The highest BCUT2D eigenvalue weighted by atomic mass is 35.5. The van der Waals surface area contributed by atoms with E-state index < -0.39 is 5.60 Å². The zero-order valence-corrected chi connectivity index (χ0v) is 16.3. The second-order valence-electron chi connectivity index (χ2n) is 8.11. The third-order valence-corrected chi connectivity index (χ3v) is 5.19. The fourth-order valence-electron chi connectivity index (χ4n) is 3.97. The number of hydrogen-bond donors (Lipinski definition) is 1. The molecule has 8 nitrogen and oxygen atoms in total.